The molecule has 2 rings (SSSR count). The van der Waals surface area contributed by atoms with Crippen LogP contribution in [0.5, 0.6) is 17.2 Å². The van der Waals surface area contributed by atoms with E-state index in [1.165, 1.54) is 21.3 Å². The number of methoxy groups -OCH3 is 3. The Morgan fingerprint density at radius 3 is 2.22 bits per heavy atom. The summed E-state index contributed by atoms with van der Waals surface area (Å²) in [6, 6.07) is 3.22. The molecule has 0 aliphatic carbocycles. The Hall–Kier alpha value is -3.03. The van der Waals surface area contributed by atoms with Crippen molar-refractivity contribution in [1.29, 1.82) is 0 Å². The zero-order valence-electron chi connectivity index (χ0n) is 16.4. The number of carbonyl (C=O) groups excluding carboxylic acids is 1. The van der Waals surface area contributed by atoms with Gasteiger partial charge in [0, 0.05) is 11.3 Å². The molecule has 146 valence electrons. The van der Waals surface area contributed by atoms with Crippen LogP contribution in [0.3, 0.4) is 0 Å². The van der Waals surface area contributed by atoms with Gasteiger partial charge in [0.25, 0.3) is 5.56 Å². The fourth-order valence-corrected chi connectivity index (χ4v) is 2.85. The van der Waals surface area contributed by atoms with Gasteiger partial charge in [-0.1, -0.05) is 0 Å². The van der Waals surface area contributed by atoms with Crippen molar-refractivity contribution in [3.8, 4) is 17.2 Å². The summed E-state index contributed by atoms with van der Waals surface area (Å²) in [5.74, 6) is 1.73. The molecule has 0 unspecified atom stereocenters. The molecule has 1 atom stereocenters. The lowest BCUT2D eigenvalue weighted by Crippen LogP contribution is -2.31. The van der Waals surface area contributed by atoms with Crippen LogP contribution < -0.4 is 25.1 Å². The number of hydrogen-bond acceptors (Lipinski definition) is 6. The molecule has 0 aliphatic heterocycles. The van der Waals surface area contributed by atoms with E-state index in [1.807, 2.05) is 6.92 Å². The van der Waals surface area contributed by atoms with Crippen LogP contribution in [0, 0.1) is 13.8 Å². The van der Waals surface area contributed by atoms with Crippen molar-refractivity contribution in [2.45, 2.75) is 33.2 Å². The number of aryl methyl sites for hydroxylation is 2. The van der Waals surface area contributed by atoms with Crippen LogP contribution in [0.4, 0.5) is 0 Å². The number of ether oxygens (including phenoxy) is 3. The van der Waals surface area contributed by atoms with E-state index in [0.717, 1.165) is 5.56 Å². The molecule has 0 bridgehead atoms. The standard InChI is InChI=1S/C19H25N3O5/c1-10(13-7-15(25-4)18(27-6)16(8-13)26-5)21-17(23)9-14-11(2)20-12(3)22-19(14)24/h7-8,10H,9H2,1-6H3,(H,21,23)(H,20,22,24)/t10-/m0/s1. The van der Waals surface area contributed by atoms with Crippen LogP contribution in [0.15, 0.2) is 16.9 Å². The molecule has 0 saturated carbocycles. The van der Waals surface area contributed by atoms with Gasteiger partial charge in [-0.3, -0.25) is 9.59 Å². The lowest BCUT2D eigenvalue weighted by molar-refractivity contribution is -0.121. The Morgan fingerprint density at radius 2 is 1.74 bits per heavy atom. The highest BCUT2D eigenvalue weighted by atomic mass is 16.5. The first-order valence-corrected chi connectivity index (χ1v) is 8.46. The van der Waals surface area contributed by atoms with Gasteiger partial charge in [-0.2, -0.15) is 0 Å². The first-order chi connectivity index (χ1) is 12.8. The molecule has 8 nitrogen and oxygen atoms in total. The Balaban J connectivity index is 2.21. The molecular formula is C19H25N3O5. The Bertz CT molecular complexity index is 866. The number of hydrogen-bond donors (Lipinski definition) is 2. The average Bonchev–Trinajstić information content (AvgIpc) is 2.63. The summed E-state index contributed by atoms with van der Waals surface area (Å²) in [5.41, 5.74) is 1.39. The van der Waals surface area contributed by atoms with E-state index in [-0.39, 0.29) is 23.9 Å². The van der Waals surface area contributed by atoms with Crippen LogP contribution >= 0.6 is 0 Å². The number of rotatable bonds is 7. The molecule has 2 N–H and O–H groups in total. The first-order valence-electron chi connectivity index (χ1n) is 8.46. The molecule has 2 aromatic rings. The van der Waals surface area contributed by atoms with Crippen molar-refractivity contribution in [3.05, 3.63) is 45.1 Å². The molecule has 1 aromatic carbocycles. The monoisotopic (exact) mass is 375 g/mol. The highest BCUT2D eigenvalue weighted by Gasteiger charge is 2.19. The van der Waals surface area contributed by atoms with Gasteiger partial charge < -0.3 is 24.5 Å². The average molecular weight is 375 g/mol. The van der Waals surface area contributed by atoms with Gasteiger partial charge in [0.1, 0.15) is 5.82 Å². The molecule has 1 heterocycles. The molecule has 0 radical (unpaired) electrons. The zero-order chi connectivity index (χ0) is 20.1. The van der Waals surface area contributed by atoms with Crippen molar-refractivity contribution in [3.63, 3.8) is 0 Å². The van der Waals surface area contributed by atoms with Gasteiger partial charge in [-0.25, -0.2) is 4.98 Å². The van der Waals surface area contributed by atoms with Crippen LogP contribution in [0.2, 0.25) is 0 Å². The van der Waals surface area contributed by atoms with Crippen molar-refractivity contribution in [2.24, 2.45) is 0 Å². The predicted molar refractivity (Wildman–Crippen MR) is 101 cm³/mol. The highest BCUT2D eigenvalue weighted by Crippen LogP contribution is 2.39. The topological polar surface area (TPSA) is 103 Å². The second-order valence-electron chi connectivity index (χ2n) is 6.14. The number of aromatic amines is 1. The molecular weight excluding hydrogens is 350 g/mol. The fraction of sp³-hybridized carbons (Fsp3) is 0.421. The molecule has 8 heteroatoms. The number of aromatic nitrogens is 2. The normalized spacial score (nSPS) is 11.6. The number of nitrogens with zero attached hydrogens (tertiary/aromatic N) is 1. The summed E-state index contributed by atoms with van der Waals surface area (Å²) in [6.45, 7) is 5.25. The molecule has 1 amide bonds. The molecule has 0 spiro atoms. The largest absolute Gasteiger partial charge is 0.493 e. The predicted octanol–water partition coefficient (Wildman–Crippen LogP) is 1.83. The molecule has 1 aromatic heterocycles. The lowest BCUT2D eigenvalue weighted by Gasteiger charge is -2.19. The number of benzene rings is 1. The minimum atomic E-state index is -0.330. The lowest BCUT2D eigenvalue weighted by atomic mass is 10.1. The maximum Gasteiger partial charge on any atom is 0.254 e. The van der Waals surface area contributed by atoms with Crippen LogP contribution in [0.25, 0.3) is 0 Å². The smallest absolute Gasteiger partial charge is 0.254 e. The van der Waals surface area contributed by atoms with Gasteiger partial charge in [-0.15, -0.1) is 0 Å². The second kappa shape index (κ2) is 8.57. The third kappa shape index (κ3) is 4.58. The summed E-state index contributed by atoms with van der Waals surface area (Å²) >= 11 is 0. The minimum absolute atomic E-state index is 0.0524. The van der Waals surface area contributed by atoms with E-state index in [4.69, 9.17) is 14.2 Å². The SMILES string of the molecule is COc1cc([C@H](C)NC(=O)Cc2c(C)nc(C)[nH]c2=O)cc(OC)c1OC. The molecule has 0 aliphatic rings. The van der Waals surface area contributed by atoms with Gasteiger partial charge in [0.15, 0.2) is 11.5 Å². The van der Waals surface area contributed by atoms with E-state index < -0.39 is 0 Å². The Kier molecular flexibility index (Phi) is 6.44. The quantitative estimate of drug-likeness (QED) is 0.765. The summed E-state index contributed by atoms with van der Waals surface area (Å²) in [4.78, 5) is 31.3. The zero-order valence-corrected chi connectivity index (χ0v) is 16.4. The van der Waals surface area contributed by atoms with Gasteiger partial charge in [0.2, 0.25) is 11.7 Å². The van der Waals surface area contributed by atoms with Crippen molar-refractivity contribution in [1.82, 2.24) is 15.3 Å². The van der Waals surface area contributed by atoms with E-state index >= 15 is 0 Å². The second-order valence-corrected chi connectivity index (χ2v) is 6.14. The summed E-state index contributed by atoms with van der Waals surface area (Å²) in [5, 5.41) is 2.88. The van der Waals surface area contributed by atoms with Crippen molar-refractivity contribution < 1.29 is 19.0 Å². The number of nitrogens with one attached hydrogen (secondary N) is 2. The van der Waals surface area contributed by atoms with E-state index in [2.05, 4.69) is 15.3 Å². The van der Waals surface area contributed by atoms with Crippen LogP contribution in [0.1, 0.15) is 35.6 Å². The summed E-state index contributed by atoms with van der Waals surface area (Å²) < 4.78 is 16.0. The maximum atomic E-state index is 12.4. The number of H-pyrrole nitrogens is 1. The molecule has 0 saturated heterocycles. The van der Waals surface area contributed by atoms with Gasteiger partial charge in [0.05, 0.1) is 33.8 Å². The van der Waals surface area contributed by atoms with Gasteiger partial charge in [-0.05, 0) is 38.5 Å². The summed E-state index contributed by atoms with van der Waals surface area (Å²) in [6.07, 6.45) is -0.0524. The third-order valence-corrected chi connectivity index (χ3v) is 4.24. The van der Waals surface area contributed by atoms with E-state index in [1.54, 1.807) is 26.0 Å². The third-order valence-electron chi connectivity index (χ3n) is 4.24. The fourth-order valence-electron chi connectivity index (χ4n) is 2.85. The summed E-state index contributed by atoms with van der Waals surface area (Å²) in [7, 11) is 4.59. The van der Waals surface area contributed by atoms with E-state index in [0.29, 0.717) is 34.3 Å². The Labute approximate surface area is 157 Å². The minimum Gasteiger partial charge on any atom is -0.493 e. The maximum absolute atomic E-state index is 12.4. The Morgan fingerprint density at radius 1 is 1.15 bits per heavy atom. The van der Waals surface area contributed by atoms with E-state index in [9.17, 15) is 9.59 Å². The van der Waals surface area contributed by atoms with Crippen LogP contribution in [-0.2, 0) is 11.2 Å². The molecule has 27 heavy (non-hydrogen) atoms. The van der Waals surface area contributed by atoms with Crippen molar-refractivity contribution >= 4 is 5.91 Å². The molecule has 0 fully saturated rings. The highest BCUT2D eigenvalue weighted by molar-refractivity contribution is 5.79. The number of carbonyl (C=O) groups is 1. The van der Waals surface area contributed by atoms with Crippen molar-refractivity contribution in [2.75, 3.05) is 21.3 Å². The van der Waals surface area contributed by atoms with Gasteiger partial charge >= 0.3 is 0 Å². The van der Waals surface area contributed by atoms with Crippen LogP contribution in [-0.4, -0.2) is 37.2 Å². The first kappa shape index (κ1) is 20.3. The number of amides is 1.